The van der Waals surface area contributed by atoms with E-state index in [0.717, 1.165) is 0 Å². The number of hydrogen-bond acceptors (Lipinski definition) is 10. The van der Waals surface area contributed by atoms with Crippen molar-refractivity contribution in [3.8, 4) is 0 Å². The van der Waals surface area contributed by atoms with E-state index in [1.807, 2.05) is 0 Å². The second kappa shape index (κ2) is 10.7. The van der Waals surface area contributed by atoms with Gasteiger partial charge in [0.05, 0.1) is 13.2 Å². The van der Waals surface area contributed by atoms with E-state index in [2.05, 4.69) is 15.0 Å². The van der Waals surface area contributed by atoms with Crippen molar-refractivity contribution in [1.82, 2.24) is 19.7 Å². The van der Waals surface area contributed by atoms with Crippen LogP contribution in [0, 0.1) is 0 Å². The van der Waals surface area contributed by atoms with Gasteiger partial charge in [-0.3, -0.25) is 9.36 Å². The van der Waals surface area contributed by atoms with Crippen LogP contribution in [-0.2, 0) is 27.9 Å². The van der Waals surface area contributed by atoms with Gasteiger partial charge in [0.1, 0.15) is 43.8 Å². The number of fused-ring (bicyclic) bond motifs is 1. The first-order valence-electron chi connectivity index (χ1n) is 8.48. The Labute approximate surface area is 166 Å². The molecule has 11 nitrogen and oxygen atoms in total. The highest BCUT2D eigenvalue weighted by Gasteiger charge is 2.27. The number of imidazole rings is 1. The predicted molar refractivity (Wildman–Crippen MR) is 99.0 cm³/mol. The Bertz CT molecular complexity index is 824. The molecule has 0 aliphatic rings. The molecule has 0 spiro atoms. The molecule has 2 heterocycles. The van der Waals surface area contributed by atoms with Gasteiger partial charge in [0.2, 0.25) is 5.65 Å². The predicted octanol–water partition coefficient (Wildman–Crippen LogP) is 2.08. The van der Waals surface area contributed by atoms with E-state index < -0.39 is 19.7 Å². The molecule has 0 aliphatic carbocycles. The van der Waals surface area contributed by atoms with Crippen molar-refractivity contribution in [2.75, 3.05) is 32.8 Å². The minimum Gasteiger partial charge on any atom is -0.463 e. The fourth-order valence-corrected chi connectivity index (χ4v) is 3.68. The molecule has 0 aromatic carbocycles. The Balaban J connectivity index is 2.04. The summed E-state index contributed by atoms with van der Waals surface area (Å²) in [6.45, 7) is 4.89. The lowest BCUT2D eigenvalue weighted by Gasteiger charge is -2.22. The van der Waals surface area contributed by atoms with Gasteiger partial charge in [-0.15, -0.1) is 0 Å². The Morgan fingerprint density at radius 3 is 2.57 bits per heavy atom. The summed E-state index contributed by atoms with van der Waals surface area (Å²) in [6, 6.07) is 0. The molecule has 0 aliphatic heterocycles. The van der Waals surface area contributed by atoms with Crippen LogP contribution in [0.15, 0.2) is 12.7 Å². The molecule has 0 amide bonds. The van der Waals surface area contributed by atoms with Gasteiger partial charge >= 0.3 is 13.6 Å². The van der Waals surface area contributed by atoms with Crippen LogP contribution in [0.5, 0.6) is 0 Å². The number of hydrogen-bond donors (Lipinski definition) is 0. The molecule has 13 heteroatoms. The Morgan fingerprint density at radius 1 is 1.21 bits per heavy atom. The van der Waals surface area contributed by atoms with Crippen LogP contribution < -0.4 is 4.84 Å². The molecule has 1 unspecified atom stereocenters. The monoisotopic (exact) mass is 436 g/mol. The van der Waals surface area contributed by atoms with Crippen molar-refractivity contribution in [1.29, 1.82) is 0 Å². The molecule has 2 aromatic rings. The van der Waals surface area contributed by atoms with E-state index in [-0.39, 0.29) is 37.9 Å². The molecule has 156 valence electrons. The first-order chi connectivity index (χ1) is 13.4. The summed E-state index contributed by atoms with van der Waals surface area (Å²) >= 11 is 5.95. The molecule has 0 N–H and O–H groups in total. The van der Waals surface area contributed by atoms with Gasteiger partial charge in [0, 0.05) is 6.92 Å². The third-order valence-electron chi connectivity index (χ3n) is 3.25. The van der Waals surface area contributed by atoms with Crippen LogP contribution in [0.4, 0.5) is 0 Å². The zero-order valence-corrected chi connectivity index (χ0v) is 17.4. The second-order valence-electron chi connectivity index (χ2n) is 5.37. The van der Waals surface area contributed by atoms with Gasteiger partial charge in [-0.25, -0.2) is 15.0 Å². The van der Waals surface area contributed by atoms with Gasteiger partial charge < -0.3 is 23.4 Å². The van der Waals surface area contributed by atoms with E-state index >= 15 is 0 Å². The van der Waals surface area contributed by atoms with Crippen molar-refractivity contribution < 1.29 is 32.7 Å². The smallest absolute Gasteiger partial charge is 0.356 e. The number of nitrogens with zero attached hydrogens (tertiary/aromatic N) is 4. The third-order valence-corrected chi connectivity index (χ3v) is 5.30. The molecule has 0 saturated carbocycles. The maximum Gasteiger partial charge on any atom is 0.356 e. The lowest BCUT2D eigenvalue weighted by Crippen LogP contribution is -2.31. The average Bonchev–Trinajstić information content (AvgIpc) is 3.06. The van der Waals surface area contributed by atoms with Crippen LogP contribution >= 0.6 is 19.2 Å². The van der Waals surface area contributed by atoms with E-state index in [0.29, 0.717) is 11.2 Å². The molecule has 2 rings (SSSR count). The molecular formula is C15H22ClN4O7P. The number of halogens is 1. The highest BCUT2D eigenvalue weighted by Crippen LogP contribution is 2.48. The summed E-state index contributed by atoms with van der Waals surface area (Å²) in [5.41, 5.74) is 0.736. The van der Waals surface area contributed by atoms with Gasteiger partial charge in [0.15, 0.2) is 5.15 Å². The SMILES string of the molecule is CCOP(=O)(COC(COC(C)=O)COn1cnc2c(Cl)ncnc21)OCC. The van der Waals surface area contributed by atoms with Crippen molar-refractivity contribution in [3.05, 3.63) is 17.8 Å². The van der Waals surface area contributed by atoms with Crippen molar-refractivity contribution in [3.63, 3.8) is 0 Å². The van der Waals surface area contributed by atoms with Crippen LogP contribution in [0.2, 0.25) is 5.15 Å². The summed E-state index contributed by atoms with van der Waals surface area (Å²) in [5, 5.41) is 0.189. The topological polar surface area (TPSA) is 124 Å². The second-order valence-corrected chi connectivity index (χ2v) is 7.72. The Morgan fingerprint density at radius 2 is 1.93 bits per heavy atom. The van der Waals surface area contributed by atoms with Gasteiger partial charge in [-0.05, 0) is 13.8 Å². The minimum absolute atomic E-state index is 0.0569. The summed E-state index contributed by atoms with van der Waals surface area (Å²) in [4.78, 5) is 28.7. The highest BCUT2D eigenvalue weighted by atomic mass is 35.5. The summed E-state index contributed by atoms with van der Waals surface area (Å²) in [6.07, 6.45) is 1.59. The van der Waals surface area contributed by atoms with E-state index in [1.54, 1.807) is 13.8 Å². The Hall–Kier alpha value is -1.78. The summed E-state index contributed by atoms with van der Waals surface area (Å²) < 4.78 is 34.8. The number of ether oxygens (including phenoxy) is 2. The highest BCUT2D eigenvalue weighted by molar-refractivity contribution is 7.53. The third kappa shape index (κ3) is 6.39. The van der Waals surface area contributed by atoms with E-state index in [4.69, 9.17) is 35.0 Å². The number of esters is 1. The molecule has 0 radical (unpaired) electrons. The maximum atomic E-state index is 12.5. The summed E-state index contributed by atoms with van der Waals surface area (Å²) in [5.74, 6) is -0.487. The fraction of sp³-hybridized carbons (Fsp3) is 0.600. The van der Waals surface area contributed by atoms with Gasteiger partial charge in [-0.1, -0.05) is 11.6 Å². The molecule has 28 heavy (non-hydrogen) atoms. The zero-order chi connectivity index (χ0) is 20.6. The quantitative estimate of drug-likeness (QED) is 0.277. The standard InChI is InChI=1S/C15H22ClN4O7P/c1-4-26-28(22,27-5-2)10-24-12(6-23-11(3)21)7-25-20-9-19-13-14(16)17-8-18-15(13)20/h8-9,12H,4-7,10H2,1-3H3. The van der Waals surface area contributed by atoms with Crippen LogP contribution in [0.1, 0.15) is 20.8 Å². The van der Waals surface area contributed by atoms with Gasteiger partial charge in [-0.2, -0.15) is 4.73 Å². The molecule has 1 atom stereocenters. The number of carbonyl (C=O) groups is 1. The van der Waals surface area contributed by atoms with Crippen LogP contribution in [0.3, 0.4) is 0 Å². The lowest BCUT2D eigenvalue weighted by molar-refractivity contribution is -0.146. The Kier molecular flexibility index (Phi) is 8.58. The molecule has 0 fully saturated rings. The van der Waals surface area contributed by atoms with E-state index in [9.17, 15) is 9.36 Å². The number of carbonyl (C=O) groups excluding carboxylic acids is 1. The first-order valence-corrected chi connectivity index (χ1v) is 10.6. The minimum atomic E-state index is -3.43. The number of rotatable bonds is 12. The van der Waals surface area contributed by atoms with Crippen molar-refractivity contribution in [2.24, 2.45) is 0 Å². The maximum absolute atomic E-state index is 12.5. The van der Waals surface area contributed by atoms with Gasteiger partial charge in [0.25, 0.3) is 0 Å². The lowest BCUT2D eigenvalue weighted by atomic mass is 10.4. The van der Waals surface area contributed by atoms with Crippen molar-refractivity contribution in [2.45, 2.75) is 26.9 Å². The van der Waals surface area contributed by atoms with Crippen LogP contribution in [0.25, 0.3) is 11.2 Å². The molecule has 2 aromatic heterocycles. The fourth-order valence-electron chi connectivity index (χ4n) is 2.10. The molecule has 0 saturated heterocycles. The first kappa shape index (κ1) is 22.5. The molecule has 0 bridgehead atoms. The largest absolute Gasteiger partial charge is 0.463 e. The normalized spacial score (nSPS) is 12.9. The van der Waals surface area contributed by atoms with Crippen molar-refractivity contribution >= 4 is 36.3 Å². The van der Waals surface area contributed by atoms with E-state index in [1.165, 1.54) is 24.3 Å². The zero-order valence-electron chi connectivity index (χ0n) is 15.7. The average molecular weight is 437 g/mol. The summed E-state index contributed by atoms with van der Waals surface area (Å²) in [7, 11) is -3.43. The van der Waals surface area contributed by atoms with Crippen LogP contribution in [-0.4, -0.2) is 64.5 Å². The number of aromatic nitrogens is 4. The molecular weight excluding hydrogens is 415 g/mol.